The van der Waals surface area contributed by atoms with E-state index >= 15 is 0 Å². The highest BCUT2D eigenvalue weighted by atomic mass is 32.2. The zero-order valence-corrected chi connectivity index (χ0v) is 37.3. The van der Waals surface area contributed by atoms with E-state index in [1.54, 1.807) is 60.9 Å². The van der Waals surface area contributed by atoms with Gasteiger partial charge in [-0.25, -0.2) is 0 Å². The number of rotatable bonds is 21. The Balaban J connectivity index is 1.12. The summed E-state index contributed by atoms with van der Waals surface area (Å²) in [4.78, 5) is 108. The van der Waals surface area contributed by atoms with Gasteiger partial charge < -0.3 is 47.6 Å². The summed E-state index contributed by atoms with van der Waals surface area (Å²) in [5.74, 6) is -3.55. The molecule has 3 aromatic carbocycles. The van der Waals surface area contributed by atoms with E-state index in [9.17, 15) is 43.5 Å². The Morgan fingerprint density at radius 2 is 1.45 bits per heavy atom. The van der Waals surface area contributed by atoms with E-state index in [1.165, 1.54) is 35.7 Å². The second-order valence-corrected chi connectivity index (χ2v) is 17.3. The van der Waals surface area contributed by atoms with Crippen LogP contribution in [-0.4, -0.2) is 125 Å². The number of benzene rings is 3. The molecular weight excluding hydrogens is 841 g/mol. The molecule has 0 unspecified atom stereocenters. The van der Waals surface area contributed by atoms with Gasteiger partial charge in [0.2, 0.25) is 35.4 Å². The van der Waals surface area contributed by atoms with Crippen molar-refractivity contribution in [3.63, 3.8) is 0 Å². The fourth-order valence-corrected chi connectivity index (χ4v) is 8.24. The molecule has 0 saturated carbocycles. The van der Waals surface area contributed by atoms with Crippen LogP contribution in [0.15, 0.2) is 66.7 Å². The van der Waals surface area contributed by atoms with Crippen molar-refractivity contribution in [2.24, 2.45) is 11.7 Å². The number of carbonyl (C=O) groups is 8. The lowest BCUT2D eigenvalue weighted by Gasteiger charge is -2.29. The monoisotopic (exact) mass is 898 g/mol. The van der Waals surface area contributed by atoms with Gasteiger partial charge in [-0.15, -0.1) is 0 Å². The van der Waals surface area contributed by atoms with Crippen molar-refractivity contribution in [2.45, 2.75) is 83.1 Å². The van der Waals surface area contributed by atoms with Crippen molar-refractivity contribution in [3.05, 3.63) is 94.5 Å². The third-order valence-corrected chi connectivity index (χ3v) is 11.6. The van der Waals surface area contributed by atoms with Gasteiger partial charge in [0.25, 0.3) is 0 Å². The van der Waals surface area contributed by atoms with Crippen molar-refractivity contribution < 1.29 is 43.5 Å². The van der Waals surface area contributed by atoms with Gasteiger partial charge >= 0.3 is 0 Å². The number of hydrogen-bond donors (Lipinski definition) is 8. The van der Waals surface area contributed by atoms with Gasteiger partial charge in [-0.1, -0.05) is 62.4 Å². The minimum absolute atomic E-state index is 0.0111. The van der Waals surface area contributed by atoms with E-state index in [1.807, 2.05) is 13.8 Å². The molecule has 1 aliphatic heterocycles. The van der Waals surface area contributed by atoms with E-state index in [0.29, 0.717) is 65.9 Å². The number of nitrogens with one attached hydrogen (secondary N) is 6. The molecule has 18 heteroatoms. The molecule has 3 aromatic rings. The van der Waals surface area contributed by atoms with Crippen LogP contribution in [0.3, 0.4) is 0 Å². The molecule has 64 heavy (non-hydrogen) atoms. The van der Waals surface area contributed by atoms with Crippen molar-refractivity contribution >= 4 is 64.5 Å². The summed E-state index contributed by atoms with van der Waals surface area (Å²) in [7, 11) is 0. The predicted octanol–water partition coefficient (Wildman–Crippen LogP) is 1.65. The second kappa shape index (κ2) is 22.9. The quantitative estimate of drug-likeness (QED) is 0.0556. The van der Waals surface area contributed by atoms with E-state index in [4.69, 9.17) is 5.73 Å². The van der Waals surface area contributed by atoms with E-state index in [0.717, 1.165) is 0 Å². The molecular formula is C46H58N8O9S. The van der Waals surface area contributed by atoms with Crippen LogP contribution in [0.5, 0.6) is 5.75 Å². The Bertz CT molecular complexity index is 2220. The maximum Gasteiger partial charge on any atom is 0.245 e. The normalized spacial score (nSPS) is 16.1. The molecule has 0 spiro atoms. The molecule has 5 rings (SSSR count). The topological polar surface area (TPSA) is 258 Å². The molecule has 2 aliphatic rings. The highest BCUT2D eigenvalue weighted by Gasteiger charge is 2.38. The molecule has 1 fully saturated rings. The highest BCUT2D eigenvalue weighted by Crippen LogP contribution is 2.32. The zero-order chi connectivity index (χ0) is 46.5. The lowest BCUT2D eigenvalue weighted by atomic mass is 9.83. The third kappa shape index (κ3) is 12.7. The van der Waals surface area contributed by atoms with Gasteiger partial charge in [-0.05, 0) is 68.5 Å². The summed E-state index contributed by atoms with van der Waals surface area (Å²) in [5, 5.41) is 26.4. The minimum atomic E-state index is -1.11. The van der Waals surface area contributed by atoms with Crippen LogP contribution in [0.1, 0.15) is 83.9 Å². The standard InChI is InChI=1S/C46H58N8O9S/c1-26(2)22-35(51-38(56)24-50-43(60)36(25-64-4)53-44(61)34(52-42(59)27(3)47)23-28-15-17-29(55)18-16-28)46(63)54-21-8-14-37(54)45(62)49-20-9-19-48-33-13-7-12-32-39(33)41(58)31-11-6-5-10-30(31)40(32)57/h5-7,10-13,15-18,26-27,34-37,48,55H,8-9,14,19-25,47H2,1-4H3,(H,49,62)(H,50,60)(H,51,56)(H,52,59)(H,53,61)/t27-,34-,35-,36-,37-/m0/s1. The fraction of sp³-hybridized carbons (Fsp3) is 0.435. The average molecular weight is 899 g/mol. The Morgan fingerprint density at radius 1 is 0.781 bits per heavy atom. The molecule has 1 heterocycles. The van der Waals surface area contributed by atoms with E-state index in [2.05, 4.69) is 31.9 Å². The van der Waals surface area contributed by atoms with Crippen LogP contribution in [0.4, 0.5) is 5.69 Å². The van der Waals surface area contributed by atoms with Gasteiger partial charge in [0, 0.05) is 54.2 Å². The van der Waals surface area contributed by atoms with Crippen LogP contribution in [0, 0.1) is 5.92 Å². The maximum absolute atomic E-state index is 14.0. The SMILES string of the molecule is CSC[C@H](NC(=O)[C@H](Cc1ccc(O)cc1)NC(=O)[C@H](C)N)C(=O)NCC(=O)N[C@@H](CC(C)C)C(=O)N1CCC[C@H]1C(=O)NCCCNc1cccc2c1C(=O)c1ccccc1C2=O. The number of phenolic OH excluding ortho intramolecular Hbond substituents is 1. The summed E-state index contributed by atoms with van der Waals surface area (Å²) in [6.45, 7) is 5.76. The maximum atomic E-state index is 14.0. The Morgan fingerprint density at radius 3 is 2.12 bits per heavy atom. The number of nitrogens with two attached hydrogens (primary N) is 1. The number of aromatic hydroxyl groups is 1. The molecule has 342 valence electrons. The highest BCUT2D eigenvalue weighted by molar-refractivity contribution is 7.98. The molecule has 6 amide bonds. The molecule has 0 bridgehead atoms. The summed E-state index contributed by atoms with van der Waals surface area (Å²) in [6, 6.07) is 13.1. The van der Waals surface area contributed by atoms with Crippen LogP contribution in [0.25, 0.3) is 0 Å². The van der Waals surface area contributed by atoms with Gasteiger partial charge in [-0.2, -0.15) is 11.8 Å². The van der Waals surface area contributed by atoms with Gasteiger partial charge in [-0.3, -0.25) is 38.4 Å². The van der Waals surface area contributed by atoms with E-state index < -0.39 is 66.3 Å². The number of hydrogen-bond acceptors (Lipinski definition) is 12. The predicted molar refractivity (Wildman–Crippen MR) is 243 cm³/mol. The van der Waals surface area contributed by atoms with Gasteiger partial charge in [0.1, 0.15) is 29.9 Å². The summed E-state index contributed by atoms with van der Waals surface area (Å²) in [6.07, 6.45) is 3.57. The first-order valence-corrected chi connectivity index (χ1v) is 22.8. The van der Waals surface area contributed by atoms with Crippen molar-refractivity contribution in [1.82, 2.24) is 31.5 Å². The number of nitrogens with zero attached hydrogens (tertiary/aromatic N) is 1. The smallest absolute Gasteiger partial charge is 0.245 e. The van der Waals surface area contributed by atoms with Crippen LogP contribution < -0.4 is 37.6 Å². The summed E-state index contributed by atoms with van der Waals surface area (Å²) < 4.78 is 0. The Hall–Kier alpha value is -6.27. The molecule has 0 aromatic heterocycles. The first-order chi connectivity index (χ1) is 30.6. The first kappa shape index (κ1) is 48.8. The van der Waals surface area contributed by atoms with Gasteiger partial charge in [0.05, 0.1) is 18.2 Å². The van der Waals surface area contributed by atoms with Crippen LogP contribution >= 0.6 is 11.8 Å². The summed E-state index contributed by atoms with van der Waals surface area (Å²) >= 11 is 1.28. The number of thioether (sulfide) groups is 1. The number of phenols is 1. The van der Waals surface area contributed by atoms with Crippen LogP contribution in [-0.2, 0) is 35.2 Å². The fourth-order valence-electron chi connectivity index (χ4n) is 7.67. The molecule has 17 nitrogen and oxygen atoms in total. The molecule has 9 N–H and O–H groups in total. The number of anilines is 1. The first-order valence-electron chi connectivity index (χ1n) is 21.4. The largest absolute Gasteiger partial charge is 0.508 e. The molecule has 0 radical (unpaired) electrons. The minimum Gasteiger partial charge on any atom is -0.508 e. The van der Waals surface area contributed by atoms with Gasteiger partial charge in [0.15, 0.2) is 11.6 Å². The lowest BCUT2D eigenvalue weighted by molar-refractivity contribution is -0.141. The molecule has 1 aliphatic carbocycles. The Labute approximate surface area is 376 Å². The average Bonchev–Trinajstić information content (AvgIpc) is 3.77. The zero-order valence-electron chi connectivity index (χ0n) is 36.5. The number of likely N-dealkylation sites (tertiary alicyclic amines) is 1. The Kier molecular flexibility index (Phi) is 17.4. The number of carbonyl (C=O) groups excluding carboxylic acids is 8. The van der Waals surface area contributed by atoms with Crippen LogP contribution in [0.2, 0.25) is 0 Å². The summed E-state index contributed by atoms with van der Waals surface area (Å²) in [5.41, 5.74) is 8.29. The number of amides is 6. The van der Waals surface area contributed by atoms with Crippen molar-refractivity contribution in [2.75, 3.05) is 43.5 Å². The second-order valence-electron chi connectivity index (χ2n) is 16.4. The van der Waals surface area contributed by atoms with Crippen molar-refractivity contribution in [1.29, 1.82) is 0 Å². The van der Waals surface area contributed by atoms with Crippen molar-refractivity contribution in [3.8, 4) is 5.75 Å². The lowest BCUT2D eigenvalue weighted by Crippen LogP contribution is -2.58. The third-order valence-electron chi connectivity index (χ3n) is 10.9. The molecule has 1 saturated heterocycles. The number of fused-ring (bicyclic) bond motifs is 2. The molecule has 5 atom stereocenters. The number of ketones is 2. The van der Waals surface area contributed by atoms with E-state index in [-0.39, 0.29) is 54.3 Å².